The minimum atomic E-state index is -4.65. The smallest absolute Gasteiger partial charge is 0.308 e. The molecule has 0 radical (unpaired) electrons. The van der Waals surface area contributed by atoms with Gasteiger partial charge in [-0.15, -0.1) is 0 Å². The molecule has 0 N–H and O–H groups in total. The summed E-state index contributed by atoms with van der Waals surface area (Å²) in [5.41, 5.74) is 7.42. The zero-order valence-corrected chi connectivity index (χ0v) is 43.2. The maximum atomic E-state index is 14.7. The first-order valence-electron chi connectivity index (χ1n) is 24.6. The SMILES string of the molecule is [C-]#[N+]c1cc(-n2c3ccc(-c4nc(C)nc(C)n4)cc3c3cc(-c4nc(C)nc(C)n4)ccc32)c(-n2c3ccc(-c4nc(C)nc(C)n4)cc3c3cc(-c4nc(C)nc(C)n4)ccc32)cc1-c1cc(C)cc(C(F)(F)F)c1. The second kappa shape index (κ2) is 18.0. The summed E-state index contributed by atoms with van der Waals surface area (Å²) >= 11 is 0. The van der Waals surface area contributed by atoms with E-state index in [1.54, 1.807) is 19.1 Å². The van der Waals surface area contributed by atoms with Crippen LogP contribution in [-0.2, 0) is 6.18 Å². The molecule has 6 heterocycles. The van der Waals surface area contributed by atoms with Gasteiger partial charge in [-0.1, -0.05) is 6.07 Å². The largest absolute Gasteiger partial charge is 0.416 e. The number of alkyl halides is 3. The minimum Gasteiger partial charge on any atom is -0.308 e. The van der Waals surface area contributed by atoms with Crippen LogP contribution in [0.2, 0.25) is 0 Å². The van der Waals surface area contributed by atoms with Crippen molar-refractivity contribution >= 4 is 49.3 Å². The Morgan fingerprint density at radius 3 is 0.974 bits per heavy atom. The van der Waals surface area contributed by atoms with E-state index in [0.29, 0.717) is 92.4 Å². The van der Waals surface area contributed by atoms with Crippen LogP contribution in [0.4, 0.5) is 18.9 Å². The lowest BCUT2D eigenvalue weighted by atomic mass is 9.97. The molecular formula is C59H44F3N15. The summed E-state index contributed by atoms with van der Waals surface area (Å²) in [5, 5.41) is 3.29. The third-order valence-corrected chi connectivity index (χ3v) is 13.4. The third kappa shape index (κ3) is 8.60. The van der Waals surface area contributed by atoms with Gasteiger partial charge in [-0.25, -0.2) is 64.7 Å². The Kier molecular flexibility index (Phi) is 11.3. The first-order valence-corrected chi connectivity index (χ1v) is 24.6. The molecule has 0 aliphatic heterocycles. The summed E-state index contributed by atoms with van der Waals surface area (Å²) < 4.78 is 48.2. The predicted molar refractivity (Wildman–Crippen MR) is 290 cm³/mol. The van der Waals surface area contributed by atoms with E-state index in [-0.39, 0.29) is 11.3 Å². The van der Waals surface area contributed by atoms with Gasteiger partial charge in [0.25, 0.3) is 0 Å². The highest BCUT2D eigenvalue weighted by Gasteiger charge is 2.32. The van der Waals surface area contributed by atoms with Gasteiger partial charge in [0.1, 0.15) is 46.6 Å². The number of rotatable bonds is 7. The molecule has 0 aliphatic rings. The van der Waals surface area contributed by atoms with Crippen LogP contribution in [0.25, 0.3) is 117 Å². The van der Waals surface area contributed by atoms with E-state index in [2.05, 4.69) is 33.9 Å². The van der Waals surface area contributed by atoms with Crippen molar-refractivity contribution in [3.05, 3.63) is 172 Å². The van der Waals surface area contributed by atoms with Crippen LogP contribution in [0.5, 0.6) is 0 Å². The van der Waals surface area contributed by atoms with Crippen molar-refractivity contribution in [2.45, 2.75) is 68.5 Å². The van der Waals surface area contributed by atoms with Gasteiger partial charge < -0.3 is 9.13 Å². The van der Waals surface area contributed by atoms with Crippen LogP contribution in [0.3, 0.4) is 0 Å². The van der Waals surface area contributed by atoms with Gasteiger partial charge in [0, 0.05) is 43.8 Å². The van der Waals surface area contributed by atoms with Crippen LogP contribution >= 0.6 is 0 Å². The Hall–Kier alpha value is -9.76. The van der Waals surface area contributed by atoms with Gasteiger partial charge in [0.05, 0.1) is 45.6 Å². The molecule has 77 heavy (non-hydrogen) atoms. The zero-order chi connectivity index (χ0) is 53.8. The van der Waals surface area contributed by atoms with Crippen molar-refractivity contribution in [2.24, 2.45) is 0 Å². The quantitative estimate of drug-likeness (QED) is 0.139. The summed E-state index contributed by atoms with van der Waals surface area (Å²) in [6, 6.07) is 31.5. The molecule has 0 unspecified atom stereocenters. The van der Waals surface area contributed by atoms with E-state index in [0.717, 1.165) is 78.0 Å². The molecule has 6 aromatic heterocycles. The summed E-state index contributed by atoms with van der Waals surface area (Å²) in [5.74, 6) is 6.59. The van der Waals surface area contributed by atoms with Crippen LogP contribution in [-0.4, -0.2) is 68.9 Å². The topological polar surface area (TPSA) is 169 Å². The van der Waals surface area contributed by atoms with Crippen LogP contribution in [0.1, 0.15) is 57.7 Å². The first kappa shape index (κ1) is 48.2. The molecule has 0 aliphatic carbocycles. The van der Waals surface area contributed by atoms with Crippen molar-refractivity contribution in [1.29, 1.82) is 0 Å². The van der Waals surface area contributed by atoms with Gasteiger partial charge in [0.2, 0.25) is 0 Å². The molecule has 0 fully saturated rings. The molecule has 15 nitrogen and oxygen atoms in total. The minimum absolute atomic E-state index is 0.143. The molecular weight excluding hydrogens is 976 g/mol. The fourth-order valence-corrected chi connectivity index (χ4v) is 10.5. The molecule has 18 heteroatoms. The molecule has 0 saturated carbocycles. The fourth-order valence-electron chi connectivity index (χ4n) is 10.5. The molecule has 0 spiro atoms. The molecule has 0 atom stereocenters. The van der Waals surface area contributed by atoms with Gasteiger partial charge in [0.15, 0.2) is 29.0 Å². The maximum absolute atomic E-state index is 14.7. The molecule has 12 aromatic rings. The molecule has 0 amide bonds. The van der Waals surface area contributed by atoms with Crippen molar-refractivity contribution in [1.82, 2.24) is 68.9 Å². The molecule has 376 valence electrons. The lowest BCUT2D eigenvalue weighted by Crippen LogP contribution is -2.06. The van der Waals surface area contributed by atoms with E-state index >= 15 is 0 Å². The standard InChI is InChI=1S/C59H44F3N15/c1-28-19-41(21-42(20-28)59(60,61)62)43-26-53(76-49-15-11-37(55-68-29(2)64-30(3)69-55)22-44(49)45-23-38(12-16-50(45)76)56-70-31(4)65-32(5)71-56)54(27-48(43)63-10)77-51-17-13-39(57-72-33(6)66-34(7)73-57)24-46(51)47-25-40(14-18-52(47)77)58-74-35(8)67-36(9)75-58/h11-27H,1-9H3. The number of halogens is 3. The molecule has 12 rings (SSSR count). The van der Waals surface area contributed by atoms with Crippen molar-refractivity contribution < 1.29 is 13.2 Å². The summed E-state index contributed by atoms with van der Waals surface area (Å²) in [7, 11) is 0. The van der Waals surface area contributed by atoms with E-state index in [1.165, 1.54) is 0 Å². The highest BCUT2D eigenvalue weighted by Crippen LogP contribution is 2.46. The van der Waals surface area contributed by atoms with Crippen LogP contribution in [0, 0.1) is 68.9 Å². The average Bonchev–Trinajstić information content (AvgIpc) is 4.05. The number of hydrogen-bond acceptors (Lipinski definition) is 12. The molecule has 0 bridgehead atoms. The average molecular weight is 1020 g/mol. The number of aryl methyl sites for hydroxylation is 9. The number of nitrogens with zero attached hydrogens (tertiary/aromatic N) is 15. The van der Waals surface area contributed by atoms with Gasteiger partial charge in [-0.05, 0) is 176 Å². The number of aromatic nitrogens is 14. The first-order chi connectivity index (χ1) is 36.8. The number of fused-ring (bicyclic) bond motifs is 6. The Morgan fingerprint density at radius 1 is 0.364 bits per heavy atom. The number of benzene rings is 6. The Morgan fingerprint density at radius 2 is 0.675 bits per heavy atom. The van der Waals surface area contributed by atoms with Gasteiger partial charge in [-0.3, -0.25) is 0 Å². The van der Waals surface area contributed by atoms with Crippen molar-refractivity contribution in [2.75, 3.05) is 0 Å². The second-order valence-corrected chi connectivity index (χ2v) is 19.2. The zero-order valence-electron chi connectivity index (χ0n) is 43.2. The van der Waals surface area contributed by atoms with E-state index in [4.69, 9.17) is 46.4 Å². The third-order valence-electron chi connectivity index (χ3n) is 13.4. The summed E-state index contributed by atoms with van der Waals surface area (Å²) in [6.45, 7) is 25.0. The van der Waals surface area contributed by atoms with E-state index in [1.807, 2.05) is 134 Å². The van der Waals surface area contributed by atoms with Crippen LogP contribution in [0.15, 0.2) is 103 Å². The van der Waals surface area contributed by atoms with Crippen molar-refractivity contribution in [3.8, 4) is 68.1 Å². The Bertz CT molecular complexity index is 4230. The Labute approximate surface area is 438 Å². The highest BCUT2D eigenvalue weighted by molar-refractivity contribution is 6.14. The lowest BCUT2D eigenvalue weighted by Gasteiger charge is -2.20. The Balaban J connectivity index is 1.22. The summed E-state index contributed by atoms with van der Waals surface area (Å²) in [4.78, 5) is 59.5. The van der Waals surface area contributed by atoms with Gasteiger partial charge >= 0.3 is 6.18 Å². The maximum Gasteiger partial charge on any atom is 0.416 e. The van der Waals surface area contributed by atoms with E-state index < -0.39 is 11.7 Å². The lowest BCUT2D eigenvalue weighted by molar-refractivity contribution is -0.137. The highest BCUT2D eigenvalue weighted by atomic mass is 19.4. The van der Waals surface area contributed by atoms with Crippen LogP contribution < -0.4 is 0 Å². The molecule has 6 aromatic carbocycles. The predicted octanol–water partition coefficient (Wildman–Crippen LogP) is 13.3. The normalized spacial score (nSPS) is 11.9. The molecule has 0 saturated heterocycles. The number of hydrogen-bond donors (Lipinski definition) is 0. The van der Waals surface area contributed by atoms with Crippen molar-refractivity contribution in [3.63, 3.8) is 0 Å². The monoisotopic (exact) mass is 1020 g/mol. The summed E-state index contributed by atoms with van der Waals surface area (Å²) in [6.07, 6.45) is -4.65. The fraction of sp³-hybridized carbons (Fsp3) is 0.169. The van der Waals surface area contributed by atoms with E-state index in [9.17, 15) is 13.2 Å². The van der Waals surface area contributed by atoms with Gasteiger partial charge in [-0.2, -0.15) is 13.2 Å². The second-order valence-electron chi connectivity index (χ2n) is 19.2.